The van der Waals surface area contributed by atoms with Crippen LogP contribution in [0.25, 0.3) is 0 Å². The molecule has 2 aromatic rings. The number of halogens is 1. The Hall–Kier alpha value is -1.13. The first-order valence-corrected chi connectivity index (χ1v) is 6.97. The maximum absolute atomic E-state index is 5.93. The zero-order valence-corrected chi connectivity index (χ0v) is 12.5. The summed E-state index contributed by atoms with van der Waals surface area (Å²) in [4.78, 5) is 2.67. The summed E-state index contributed by atoms with van der Waals surface area (Å²) in [5.74, 6) is 0.806. The van der Waals surface area contributed by atoms with Gasteiger partial charge in [0.15, 0.2) is 11.0 Å². The summed E-state index contributed by atoms with van der Waals surface area (Å²) < 4.78 is 0. The van der Waals surface area contributed by atoms with E-state index in [9.17, 15) is 0 Å². The van der Waals surface area contributed by atoms with Gasteiger partial charge in [0.2, 0.25) is 0 Å². The number of hydrogen-bond acceptors (Lipinski definition) is 4. The standard InChI is InChI=1S/C13H16ClN3S/c1-7-5-11(18-10(7)4)6-15-13-9(3)8(2)12(14)16-17-13/h5H,6H2,1-4H3,(H,15,17). The van der Waals surface area contributed by atoms with E-state index in [-0.39, 0.29) is 0 Å². The van der Waals surface area contributed by atoms with E-state index in [2.05, 4.69) is 35.4 Å². The fourth-order valence-corrected chi connectivity index (χ4v) is 2.82. The number of aromatic nitrogens is 2. The zero-order chi connectivity index (χ0) is 13.3. The number of rotatable bonds is 3. The van der Waals surface area contributed by atoms with Crippen LogP contribution in [0.15, 0.2) is 6.07 Å². The molecule has 0 amide bonds. The molecule has 0 saturated carbocycles. The molecule has 0 fully saturated rings. The highest BCUT2D eigenvalue weighted by atomic mass is 35.5. The summed E-state index contributed by atoms with van der Waals surface area (Å²) in [6, 6.07) is 2.21. The van der Waals surface area contributed by atoms with Gasteiger partial charge >= 0.3 is 0 Å². The van der Waals surface area contributed by atoms with Crippen molar-refractivity contribution in [2.45, 2.75) is 34.2 Å². The fourth-order valence-electron chi connectivity index (χ4n) is 1.65. The number of nitrogens with one attached hydrogen (secondary N) is 1. The summed E-state index contributed by atoms with van der Waals surface area (Å²) in [5, 5.41) is 11.8. The number of hydrogen-bond donors (Lipinski definition) is 1. The molecule has 0 aliphatic rings. The van der Waals surface area contributed by atoms with Crippen LogP contribution < -0.4 is 5.32 Å². The molecule has 0 aromatic carbocycles. The van der Waals surface area contributed by atoms with Crippen molar-refractivity contribution in [1.29, 1.82) is 0 Å². The van der Waals surface area contributed by atoms with Gasteiger partial charge < -0.3 is 5.32 Å². The van der Waals surface area contributed by atoms with E-state index in [0.717, 1.165) is 23.5 Å². The van der Waals surface area contributed by atoms with Crippen molar-refractivity contribution < 1.29 is 0 Å². The van der Waals surface area contributed by atoms with E-state index < -0.39 is 0 Å². The summed E-state index contributed by atoms with van der Waals surface area (Å²) in [6.07, 6.45) is 0. The third-order valence-electron chi connectivity index (χ3n) is 3.11. The molecule has 0 spiro atoms. The Morgan fingerprint density at radius 2 is 1.89 bits per heavy atom. The van der Waals surface area contributed by atoms with E-state index in [1.54, 1.807) is 0 Å². The summed E-state index contributed by atoms with van der Waals surface area (Å²) in [7, 11) is 0. The van der Waals surface area contributed by atoms with Gasteiger partial charge in [0, 0.05) is 9.75 Å². The largest absolute Gasteiger partial charge is 0.363 e. The SMILES string of the molecule is Cc1cc(CNc2nnc(Cl)c(C)c2C)sc1C. The second kappa shape index (κ2) is 5.24. The van der Waals surface area contributed by atoms with Crippen LogP contribution in [0.5, 0.6) is 0 Å². The second-order valence-electron chi connectivity index (χ2n) is 4.39. The monoisotopic (exact) mass is 281 g/mol. The number of nitrogens with zero attached hydrogens (tertiary/aromatic N) is 2. The third kappa shape index (κ3) is 2.65. The predicted molar refractivity (Wildman–Crippen MR) is 77.6 cm³/mol. The van der Waals surface area contributed by atoms with Gasteiger partial charge in [0.25, 0.3) is 0 Å². The molecule has 0 aliphatic heterocycles. The van der Waals surface area contributed by atoms with Crippen molar-refractivity contribution in [3.8, 4) is 0 Å². The molecule has 0 atom stereocenters. The molecule has 0 saturated heterocycles. The van der Waals surface area contributed by atoms with Gasteiger partial charge in [-0.15, -0.1) is 21.5 Å². The van der Waals surface area contributed by atoms with Crippen molar-refractivity contribution in [1.82, 2.24) is 10.2 Å². The van der Waals surface area contributed by atoms with E-state index >= 15 is 0 Å². The lowest BCUT2D eigenvalue weighted by Crippen LogP contribution is -2.05. The van der Waals surface area contributed by atoms with Gasteiger partial charge in [-0.2, -0.15) is 0 Å². The zero-order valence-electron chi connectivity index (χ0n) is 11.0. The van der Waals surface area contributed by atoms with Crippen LogP contribution in [-0.4, -0.2) is 10.2 Å². The van der Waals surface area contributed by atoms with Crippen molar-refractivity contribution in [3.05, 3.63) is 37.7 Å². The molecule has 96 valence electrons. The van der Waals surface area contributed by atoms with Crippen LogP contribution in [0, 0.1) is 27.7 Å². The van der Waals surface area contributed by atoms with Crippen LogP contribution >= 0.6 is 22.9 Å². The lowest BCUT2D eigenvalue weighted by Gasteiger charge is -2.09. The van der Waals surface area contributed by atoms with E-state index in [1.165, 1.54) is 15.3 Å². The summed E-state index contributed by atoms with van der Waals surface area (Å²) in [5.41, 5.74) is 3.37. The maximum Gasteiger partial charge on any atom is 0.155 e. The lowest BCUT2D eigenvalue weighted by molar-refractivity contribution is 0.975. The Morgan fingerprint density at radius 1 is 1.17 bits per heavy atom. The number of thiophene rings is 1. The minimum Gasteiger partial charge on any atom is -0.363 e. The van der Waals surface area contributed by atoms with Crippen LogP contribution in [0.2, 0.25) is 5.15 Å². The highest BCUT2D eigenvalue weighted by molar-refractivity contribution is 7.12. The van der Waals surface area contributed by atoms with Crippen molar-refractivity contribution in [2.75, 3.05) is 5.32 Å². The smallest absolute Gasteiger partial charge is 0.155 e. The molecule has 5 heteroatoms. The first-order chi connectivity index (χ1) is 8.49. The van der Waals surface area contributed by atoms with E-state index in [4.69, 9.17) is 11.6 Å². The average Bonchev–Trinajstić information content (AvgIpc) is 2.65. The predicted octanol–water partition coefficient (Wildman–Crippen LogP) is 4.04. The van der Waals surface area contributed by atoms with Crippen LogP contribution in [-0.2, 0) is 6.54 Å². The van der Waals surface area contributed by atoms with E-state index in [0.29, 0.717) is 5.15 Å². The van der Waals surface area contributed by atoms with Gasteiger partial charge in [0.05, 0.1) is 6.54 Å². The highest BCUT2D eigenvalue weighted by Gasteiger charge is 2.08. The van der Waals surface area contributed by atoms with Crippen molar-refractivity contribution in [2.24, 2.45) is 0 Å². The van der Waals surface area contributed by atoms with Gasteiger partial charge in [0.1, 0.15) is 0 Å². The fraction of sp³-hybridized carbons (Fsp3) is 0.385. The van der Waals surface area contributed by atoms with Crippen molar-refractivity contribution in [3.63, 3.8) is 0 Å². The molecule has 2 heterocycles. The Bertz CT molecular complexity index is 558. The van der Waals surface area contributed by atoms with Gasteiger partial charge in [-0.1, -0.05) is 11.6 Å². The molecule has 0 bridgehead atoms. The maximum atomic E-state index is 5.93. The quantitative estimate of drug-likeness (QED) is 0.923. The van der Waals surface area contributed by atoms with Crippen LogP contribution in [0.3, 0.4) is 0 Å². The molecule has 0 radical (unpaired) electrons. The van der Waals surface area contributed by atoms with Gasteiger partial charge in [-0.3, -0.25) is 0 Å². The minimum atomic E-state index is 0.473. The summed E-state index contributed by atoms with van der Waals surface area (Å²) in [6.45, 7) is 9.00. The third-order valence-corrected chi connectivity index (χ3v) is 4.62. The topological polar surface area (TPSA) is 37.8 Å². The molecule has 2 aromatic heterocycles. The minimum absolute atomic E-state index is 0.473. The second-order valence-corrected chi connectivity index (χ2v) is 6.09. The van der Waals surface area contributed by atoms with Crippen LogP contribution in [0.4, 0.5) is 5.82 Å². The van der Waals surface area contributed by atoms with Crippen molar-refractivity contribution >= 4 is 28.8 Å². The highest BCUT2D eigenvalue weighted by Crippen LogP contribution is 2.24. The molecule has 3 nitrogen and oxygen atoms in total. The number of aryl methyl sites for hydroxylation is 2. The summed E-state index contributed by atoms with van der Waals surface area (Å²) >= 11 is 7.74. The van der Waals surface area contributed by atoms with Gasteiger partial charge in [-0.25, -0.2) is 0 Å². The van der Waals surface area contributed by atoms with Crippen LogP contribution in [0.1, 0.15) is 26.4 Å². The molecule has 1 N–H and O–H groups in total. The molecular weight excluding hydrogens is 266 g/mol. The molecular formula is C13H16ClN3S. The first-order valence-electron chi connectivity index (χ1n) is 5.78. The van der Waals surface area contributed by atoms with Gasteiger partial charge in [-0.05, 0) is 50.5 Å². The van der Waals surface area contributed by atoms with E-state index in [1.807, 2.05) is 25.2 Å². The normalized spacial score (nSPS) is 10.7. The molecule has 0 aliphatic carbocycles. The average molecular weight is 282 g/mol. The molecule has 0 unspecified atom stereocenters. The Morgan fingerprint density at radius 3 is 2.50 bits per heavy atom. The Kier molecular flexibility index (Phi) is 3.88. The molecule has 2 rings (SSSR count). The Labute approximate surface area is 116 Å². The number of anilines is 1. The first kappa shape index (κ1) is 13.3. The lowest BCUT2D eigenvalue weighted by atomic mass is 10.2. The molecule has 18 heavy (non-hydrogen) atoms. The Balaban J connectivity index is 2.13.